The van der Waals surface area contributed by atoms with Crippen LogP contribution in [0.25, 0.3) is 0 Å². The molecular weight excluding hydrogens is 419 g/mol. The van der Waals surface area contributed by atoms with Crippen LogP contribution in [0.15, 0.2) is 53.1 Å². The van der Waals surface area contributed by atoms with Crippen LogP contribution in [0.3, 0.4) is 0 Å². The third-order valence-corrected chi connectivity index (χ3v) is 4.60. The van der Waals surface area contributed by atoms with Gasteiger partial charge in [0.1, 0.15) is 13.2 Å². The van der Waals surface area contributed by atoms with Crippen molar-refractivity contribution in [2.75, 3.05) is 23.8 Å². The summed E-state index contributed by atoms with van der Waals surface area (Å²) in [6.07, 6.45) is 1.39. The Morgan fingerprint density at radius 3 is 2.48 bits per heavy atom. The molecule has 4 rings (SSSR count). The van der Waals surface area contributed by atoms with E-state index in [4.69, 9.17) is 37.1 Å². The number of hydrogen-bond donors (Lipinski definition) is 2. The van der Waals surface area contributed by atoms with Gasteiger partial charge in [-0.3, -0.25) is 9.59 Å². The molecule has 2 N–H and O–H groups in total. The van der Waals surface area contributed by atoms with Gasteiger partial charge in [0.25, 0.3) is 11.8 Å². The van der Waals surface area contributed by atoms with Crippen molar-refractivity contribution in [3.05, 3.63) is 70.1 Å². The fraction of sp³-hybridized carbons (Fsp3) is 0.100. The van der Waals surface area contributed by atoms with Crippen LogP contribution in [-0.4, -0.2) is 25.0 Å². The van der Waals surface area contributed by atoms with Gasteiger partial charge in [0.05, 0.1) is 22.7 Å². The van der Waals surface area contributed by atoms with Crippen molar-refractivity contribution in [1.82, 2.24) is 0 Å². The summed E-state index contributed by atoms with van der Waals surface area (Å²) >= 11 is 12.2. The van der Waals surface area contributed by atoms with E-state index in [1.54, 1.807) is 24.3 Å². The Bertz CT molecular complexity index is 1080. The lowest BCUT2D eigenvalue weighted by Crippen LogP contribution is -2.18. The van der Waals surface area contributed by atoms with Crippen molar-refractivity contribution < 1.29 is 23.5 Å². The zero-order chi connectivity index (χ0) is 20.4. The van der Waals surface area contributed by atoms with E-state index in [1.165, 1.54) is 24.5 Å². The van der Waals surface area contributed by atoms with Crippen LogP contribution in [0.2, 0.25) is 10.0 Å². The lowest BCUT2D eigenvalue weighted by atomic mass is 10.1. The standard InChI is InChI=1S/C20H14Cl2N2O5/c21-12-3-4-14(15(10-12)24-20(26)16-2-1-5-27-16)23-19(25)11-8-13(22)18-17(9-11)28-6-7-29-18/h1-5,8-10H,6-7H2,(H,23,25)(H,24,26). The maximum absolute atomic E-state index is 12.8. The molecule has 0 fully saturated rings. The molecule has 0 aliphatic carbocycles. The van der Waals surface area contributed by atoms with E-state index < -0.39 is 11.8 Å². The molecule has 0 unspecified atom stereocenters. The number of hydrogen-bond acceptors (Lipinski definition) is 5. The number of ether oxygens (including phenoxy) is 2. The molecule has 1 aliphatic heterocycles. The summed E-state index contributed by atoms with van der Waals surface area (Å²) in [6, 6.07) is 10.9. The normalized spacial score (nSPS) is 12.3. The average Bonchev–Trinajstić information content (AvgIpc) is 3.25. The van der Waals surface area contributed by atoms with Crippen LogP contribution in [-0.2, 0) is 0 Å². The van der Waals surface area contributed by atoms with Gasteiger partial charge in [0.15, 0.2) is 17.3 Å². The monoisotopic (exact) mass is 432 g/mol. The largest absolute Gasteiger partial charge is 0.486 e. The summed E-state index contributed by atoms with van der Waals surface area (Å²) in [4.78, 5) is 25.1. The zero-order valence-electron chi connectivity index (χ0n) is 14.8. The maximum atomic E-state index is 12.8. The fourth-order valence-corrected chi connectivity index (χ4v) is 3.19. The van der Waals surface area contributed by atoms with Crippen molar-refractivity contribution in [3.8, 4) is 11.5 Å². The molecule has 3 aromatic rings. The molecule has 2 heterocycles. The van der Waals surface area contributed by atoms with Crippen LogP contribution < -0.4 is 20.1 Å². The zero-order valence-corrected chi connectivity index (χ0v) is 16.3. The molecule has 148 valence electrons. The lowest BCUT2D eigenvalue weighted by Gasteiger charge is -2.20. The van der Waals surface area contributed by atoms with E-state index in [2.05, 4.69) is 10.6 Å². The number of amides is 2. The number of nitrogens with one attached hydrogen (secondary N) is 2. The first-order valence-corrected chi connectivity index (χ1v) is 9.32. The molecule has 7 nitrogen and oxygen atoms in total. The third kappa shape index (κ3) is 4.16. The topological polar surface area (TPSA) is 89.8 Å². The first-order chi connectivity index (χ1) is 14.0. The highest BCUT2D eigenvalue weighted by Crippen LogP contribution is 2.38. The molecule has 2 aromatic carbocycles. The van der Waals surface area contributed by atoms with Gasteiger partial charge in [-0.2, -0.15) is 0 Å². The SMILES string of the molecule is O=C(Nc1ccc(Cl)cc1NC(=O)c1ccco1)c1cc(Cl)c2c(c1)OCCO2. The highest BCUT2D eigenvalue weighted by atomic mass is 35.5. The minimum atomic E-state index is -0.477. The van der Waals surface area contributed by atoms with E-state index in [9.17, 15) is 9.59 Å². The first kappa shape index (κ1) is 19.2. The molecule has 1 aliphatic rings. The number of anilines is 2. The summed E-state index contributed by atoms with van der Waals surface area (Å²) in [5.41, 5.74) is 0.943. The highest BCUT2D eigenvalue weighted by molar-refractivity contribution is 6.33. The van der Waals surface area contributed by atoms with Crippen molar-refractivity contribution >= 4 is 46.4 Å². The van der Waals surface area contributed by atoms with E-state index >= 15 is 0 Å². The van der Waals surface area contributed by atoms with Gasteiger partial charge < -0.3 is 24.5 Å². The Morgan fingerprint density at radius 2 is 1.69 bits per heavy atom. The first-order valence-electron chi connectivity index (χ1n) is 8.56. The van der Waals surface area contributed by atoms with Gasteiger partial charge in [0.2, 0.25) is 0 Å². The number of furan rings is 1. The van der Waals surface area contributed by atoms with Crippen LogP contribution >= 0.6 is 23.2 Å². The van der Waals surface area contributed by atoms with Gasteiger partial charge in [-0.25, -0.2) is 0 Å². The van der Waals surface area contributed by atoms with Gasteiger partial charge in [-0.05, 0) is 42.5 Å². The Kier molecular flexibility index (Phi) is 5.33. The lowest BCUT2D eigenvalue weighted by molar-refractivity contribution is 0.0993. The van der Waals surface area contributed by atoms with Crippen molar-refractivity contribution in [2.45, 2.75) is 0 Å². The third-order valence-electron chi connectivity index (χ3n) is 4.08. The van der Waals surface area contributed by atoms with Crippen molar-refractivity contribution in [1.29, 1.82) is 0 Å². The summed E-state index contributed by atoms with van der Waals surface area (Å²) < 4.78 is 16.0. The van der Waals surface area contributed by atoms with E-state index in [0.717, 1.165) is 0 Å². The number of benzene rings is 2. The molecule has 0 spiro atoms. The van der Waals surface area contributed by atoms with Gasteiger partial charge in [-0.15, -0.1) is 0 Å². The van der Waals surface area contributed by atoms with E-state index in [-0.39, 0.29) is 16.3 Å². The average molecular weight is 433 g/mol. The molecule has 2 amide bonds. The number of fused-ring (bicyclic) bond motifs is 1. The van der Waals surface area contributed by atoms with Crippen molar-refractivity contribution in [2.24, 2.45) is 0 Å². The van der Waals surface area contributed by atoms with Gasteiger partial charge in [0, 0.05) is 10.6 Å². The molecule has 1 aromatic heterocycles. The molecule has 0 atom stereocenters. The Labute approximate surface area is 175 Å². The Balaban J connectivity index is 1.58. The van der Waals surface area contributed by atoms with E-state index in [1.807, 2.05) is 0 Å². The second-order valence-corrected chi connectivity index (χ2v) is 6.90. The van der Waals surface area contributed by atoms with Crippen LogP contribution in [0.1, 0.15) is 20.9 Å². The Morgan fingerprint density at radius 1 is 0.897 bits per heavy atom. The molecule has 0 radical (unpaired) electrons. The Hall–Kier alpha value is -3.16. The summed E-state index contributed by atoms with van der Waals surface area (Å²) in [5, 5.41) is 6.07. The number of carbonyl (C=O) groups excluding carboxylic acids is 2. The second kappa shape index (κ2) is 8.06. The summed E-state index contributed by atoms with van der Waals surface area (Å²) in [6.45, 7) is 0.760. The predicted octanol–water partition coefficient (Wildman–Crippen LogP) is 4.86. The molecule has 0 saturated heterocycles. The number of rotatable bonds is 4. The molecule has 29 heavy (non-hydrogen) atoms. The van der Waals surface area contributed by atoms with Crippen LogP contribution in [0, 0.1) is 0 Å². The highest BCUT2D eigenvalue weighted by Gasteiger charge is 2.20. The van der Waals surface area contributed by atoms with Gasteiger partial charge in [-0.1, -0.05) is 23.2 Å². The van der Waals surface area contributed by atoms with Crippen LogP contribution in [0.5, 0.6) is 11.5 Å². The minimum Gasteiger partial charge on any atom is -0.486 e. The smallest absolute Gasteiger partial charge is 0.291 e. The minimum absolute atomic E-state index is 0.126. The number of carbonyl (C=O) groups is 2. The quantitative estimate of drug-likeness (QED) is 0.613. The molecule has 0 saturated carbocycles. The fourth-order valence-electron chi connectivity index (χ4n) is 2.76. The molecule has 0 bridgehead atoms. The van der Waals surface area contributed by atoms with Crippen molar-refractivity contribution in [3.63, 3.8) is 0 Å². The molecule has 9 heteroatoms. The second-order valence-electron chi connectivity index (χ2n) is 6.06. The maximum Gasteiger partial charge on any atom is 0.291 e. The van der Waals surface area contributed by atoms with Gasteiger partial charge >= 0.3 is 0 Å². The van der Waals surface area contributed by atoms with E-state index in [0.29, 0.717) is 41.1 Å². The van der Waals surface area contributed by atoms with Crippen LogP contribution in [0.4, 0.5) is 11.4 Å². The summed E-state index contributed by atoms with van der Waals surface area (Å²) in [7, 11) is 0. The summed E-state index contributed by atoms with van der Waals surface area (Å²) in [5.74, 6) is 0.0133. The predicted molar refractivity (Wildman–Crippen MR) is 109 cm³/mol. The number of halogens is 2. The molecular formula is C20H14Cl2N2O5.